The smallest absolute Gasteiger partial charge is 0.314 e. The standard InChI is InChI=1S/C10H13ClN2O3S/c11-8-2-1-7(17-8)3-5-12-10(16)13-6-4-9(14)15/h1-2H,3-6H2,(H,14,15)(H2,12,13,16). The van der Waals surface area contributed by atoms with Crippen LogP contribution in [0.5, 0.6) is 0 Å². The van der Waals surface area contributed by atoms with Crippen LogP contribution in [0.1, 0.15) is 11.3 Å². The van der Waals surface area contributed by atoms with E-state index in [0.717, 1.165) is 9.21 Å². The fourth-order valence-corrected chi connectivity index (χ4v) is 2.22. The summed E-state index contributed by atoms with van der Waals surface area (Å²) in [6.45, 7) is 0.627. The molecule has 0 aliphatic heterocycles. The van der Waals surface area contributed by atoms with Crippen LogP contribution in [0.3, 0.4) is 0 Å². The average molecular weight is 277 g/mol. The molecule has 0 spiro atoms. The number of carboxylic acids is 1. The van der Waals surface area contributed by atoms with Gasteiger partial charge in [0.05, 0.1) is 10.8 Å². The molecule has 3 N–H and O–H groups in total. The first-order valence-electron chi connectivity index (χ1n) is 5.05. The van der Waals surface area contributed by atoms with Crippen LogP contribution >= 0.6 is 22.9 Å². The van der Waals surface area contributed by atoms with Crippen LogP contribution in [0.4, 0.5) is 4.79 Å². The zero-order chi connectivity index (χ0) is 12.7. The zero-order valence-electron chi connectivity index (χ0n) is 9.03. The Morgan fingerprint density at radius 3 is 2.59 bits per heavy atom. The van der Waals surface area contributed by atoms with E-state index < -0.39 is 5.97 Å². The molecule has 0 saturated carbocycles. The molecule has 0 aromatic carbocycles. The van der Waals surface area contributed by atoms with E-state index in [2.05, 4.69) is 10.6 Å². The fourth-order valence-electron chi connectivity index (χ4n) is 1.13. The van der Waals surface area contributed by atoms with Gasteiger partial charge in [0.25, 0.3) is 0 Å². The van der Waals surface area contributed by atoms with Gasteiger partial charge in [-0.15, -0.1) is 11.3 Å². The number of thiophene rings is 1. The lowest BCUT2D eigenvalue weighted by Crippen LogP contribution is -2.37. The molecule has 1 aromatic heterocycles. The highest BCUT2D eigenvalue weighted by Crippen LogP contribution is 2.21. The Morgan fingerprint density at radius 1 is 1.29 bits per heavy atom. The first-order valence-corrected chi connectivity index (χ1v) is 6.25. The van der Waals surface area contributed by atoms with Gasteiger partial charge in [-0.05, 0) is 18.6 Å². The second-order valence-electron chi connectivity index (χ2n) is 3.28. The number of hydrogen-bond donors (Lipinski definition) is 3. The monoisotopic (exact) mass is 276 g/mol. The highest BCUT2D eigenvalue weighted by atomic mass is 35.5. The number of amides is 2. The van der Waals surface area contributed by atoms with Gasteiger partial charge in [-0.2, -0.15) is 0 Å². The van der Waals surface area contributed by atoms with Crippen molar-refractivity contribution in [2.45, 2.75) is 12.8 Å². The lowest BCUT2D eigenvalue weighted by molar-refractivity contribution is -0.136. The van der Waals surface area contributed by atoms with Crippen LogP contribution in [0.25, 0.3) is 0 Å². The van der Waals surface area contributed by atoms with Crippen molar-refractivity contribution in [2.75, 3.05) is 13.1 Å². The van der Waals surface area contributed by atoms with Crippen molar-refractivity contribution in [1.82, 2.24) is 10.6 Å². The van der Waals surface area contributed by atoms with E-state index in [9.17, 15) is 9.59 Å². The Kier molecular flexibility index (Phi) is 5.79. The maximum atomic E-state index is 11.2. The molecule has 5 nitrogen and oxygen atoms in total. The normalized spacial score (nSPS) is 9.94. The molecule has 0 atom stereocenters. The summed E-state index contributed by atoms with van der Waals surface area (Å²) in [7, 11) is 0. The third-order valence-corrected chi connectivity index (χ3v) is 3.20. The zero-order valence-corrected chi connectivity index (χ0v) is 10.6. The van der Waals surface area contributed by atoms with Gasteiger partial charge in [0, 0.05) is 18.0 Å². The lowest BCUT2D eigenvalue weighted by atomic mass is 10.3. The molecular weight excluding hydrogens is 264 g/mol. The van der Waals surface area contributed by atoms with E-state index in [4.69, 9.17) is 16.7 Å². The molecule has 1 rings (SSSR count). The van der Waals surface area contributed by atoms with Crippen LogP contribution in [0, 0.1) is 0 Å². The number of carbonyl (C=O) groups is 2. The van der Waals surface area contributed by atoms with E-state index in [0.29, 0.717) is 13.0 Å². The first kappa shape index (κ1) is 13.8. The number of urea groups is 1. The van der Waals surface area contributed by atoms with Crippen molar-refractivity contribution in [3.05, 3.63) is 21.3 Å². The molecule has 2 amide bonds. The van der Waals surface area contributed by atoms with Crippen molar-refractivity contribution in [3.8, 4) is 0 Å². The van der Waals surface area contributed by atoms with Crippen molar-refractivity contribution < 1.29 is 14.7 Å². The molecule has 7 heteroatoms. The fraction of sp³-hybridized carbons (Fsp3) is 0.400. The minimum atomic E-state index is -0.932. The topological polar surface area (TPSA) is 78.4 Å². The summed E-state index contributed by atoms with van der Waals surface area (Å²) in [6.07, 6.45) is 0.637. The quantitative estimate of drug-likeness (QED) is 0.740. The summed E-state index contributed by atoms with van der Waals surface area (Å²) >= 11 is 7.24. The van der Waals surface area contributed by atoms with Gasteiger partial charge in [-0.3, -0.25) is 4.79 Å². The van der Waals surface area contributed by atoms with Gasteiger partial charge in [-0.25, -0.2) is 4.79 Å². The molecular formula is C10H13ClN2O3S. The van der Waals surface area contributed by atoms with Crippen molar-refractivity contribution in [1.29, 1.82) is 0 Å². The average Bonchev–Trinajstić information content (AvgIpc) is 2.63. The van der Waals surface area contributed by atoms with Crippen LogP contribution < -0.4 is 10.6 Å². The lowest BCUT2D eigenvalue weighted by Gasteiger charge is -2.05. The van der Waals surface area contributed by atoms with E-state index in [1.807, 2.05) is 12.1 Å². The summed E-state index contributed by atoms with van der Waals surface area (Å²) in [5.74, 6) is -0.932. The van der Waals surface area contributed by atoms with E-state index in [-0.39, 0.29) is 19.0 Å². The van der Waals surface area contributed by atoms with E-state index >= 15 is 0 Å². The Bertz CT molecular complexity index is 395. The van der Waals surface area contributed by atoms with Gasteiger partial charge in [-0.1, -0.05) is 11.6 Å². The van der Waals surface area contributed by atoms with Crippen molar-refractivity contribution >= 4 is 34.9 Å². The number of carboxylic acid groups (broad SMARTS) is 1. The number of aliphatic carboxylic acids is 1. The van der Waals surface area contributed by atoms with Crippen LogP contribution in [0.15, 0.2) is 12.1 Å². The second kappa shape index (κ2) is 7.13. The molecule has 0 saturated heterocycles. The molecule has 94 valence electrons. The van der Waals surface area contributed by atoms with Crippen LogP contribution in [-0.2, 0) is 11.2 Å². The highest BCUT2D eigenvalue weighted by molar-refractivity contribution is 7.16. The predicted octanol–water partition coefficient (Wildman–Crippen LogP) is 1.72. The summed E-state index contributed by atoms with van der Waals surface area (Å²) in [4.78, 5) is 22.5. The Labute approximate surface area is 108 Å². The predicted molar refractivity (Wildman–Crippen MR) is 66.7 cm³/mol. The Morgan fingerprint density at radius 2 is 2.00 bits per heavy atom. The molecule has 0 aliphatic rings. The molecule has 0 unspecified atom stereocenters. The third kappa shape index (κ3) is 6.13. The van der Waals surface area contributed by atoms with Gasteiger partial charge >= 0.3 is 12.0 Å². The Balaban J connectivity index is 2.10. The van der Waals surface area contributed by atoms with Gasteiger partial charge in [0.2, 0.25) is 0 Å². The minimum absolute atomic E-state index is 0.0754. The summed E-state index contributed by atoms with van der Waals surface area (Å²) in [6, 6.07) is 3.37. The highest BCUT2D eigenvalue weighted by Gasteiger charge is 2.02. The maximum Gasteiger partial charge on any atom is 0.314 e. The number of halogens is 1. The van der Waals surface area contributed by atoms with Crippen molar-refractivity contribution in [3.63, 3.8) is 0 Å². The number of carbonyl (C=O) groups excluding carboxylic acids is 1. The summed E-state index contributed by atoms with van der Waals surface area (Å²) < 4.78 is 0.728. The number of nitrogens with one attached hydrogen (secondary N) is 2. The molecule has 0 aliphatic carbocycles. The second-order valence-corrected chi connectivity index (χ2v) is 5.08. The van der Waals surface area contributed by atoms with Crippen LogP contribution in [0.2, 0.25) is 4.34 Å². The SMILES string of the molecule is O=C(O)CCNC(=O)NCCc1ccc(Cl)s1. The molecule has 0 bridgehead atoms. The van der Waals surface area contributed by atoms with Gasteiger partial charge in [0.15, 0.2) is 0 Å². The molecule has 0 radical (unpaired) electrons. The molecule has 17 heavy (non-hydrogen) atoms. The Hall–Kier alpha value is -1.27. The van der Waals surface area contributed by atoms with E-state index in [1.165, 1.54) is 11.3 Å². The van der Waals surface area contributed by atoms with Crippen LogP contribution in [-0.4, -0.2) is 30.2 Å². The number of hydrogen-bond acceptors (Lipinski definition) is 3. The largest absolute Gasteiger partial charge is 0.481 e. The first-order chi connectivity index (χ1) is 8.08. The third-order valence-electron chi connectivity index (χ3n) is 1.91. The molecule has 0 fully saturated rings. The summed E-state index contributed by atoms with van der Waals surface area (Å²) in [5.41, 5.74) is 0. The number of rotatable bonds is 6. The maximum absolute atomic E-state index is 11.2. The molecule has 1 aromatic rings. The summed E-state index contributed by atoms with van der Waals surface area (Å²) in [5, 5.41) is 13.5. The van der Waals surface area contributed by atoms with Crippen molar-refractivity contribution in [2.24, 2.45) is 0 Å². The van der Waals surface area contributed by atoms with E-state index in [1.54, 1.807) is 0 Å². The van der Waals surface area contributed by atoms with Gasteiger partial charge in [0.1, 0.15) is 0 Å². The molecule has 1 heterocycles. The minimum Gasteiger partial charge on any atom is -0.481 e. The van der Waals surface area contributed by atoms with Gasteiger partial charge < -0.3 is 15.7 Å².